The largest absolute Gasteiger partial charge is 0.496 e. The molecule has 0 aliphatic carbocycles. The first-order chi connectivity index (χ1) is 11.7. The molecule has 1 aliphatic heterocycles. The Balaban J connectivity index is 1.97. The fraction of sp³-hybridized carbons (Fsp3) is 0.600. The van der Waals surface area contributed by atoms with E-state index in [1.165, 1.54) is 0 Å². The van der Waals surface area contributed by atoms with Gasteiger partial charge in [-0.05, 0) is 30.5 Å². The van der Waals surface area contributed by atoms with Crippen molar-refractivity contribution in [2.24, 2.45) is 5.41 Å². The van der Waals surface area contributed by atoms with Crippen molar-refractivity contribution in [3.63, 3.8) is 0 Å². The third-order valence-electron chi connectivity index (χ3n) is 4.59. The predicted molar refractivity (Wildman–Crippen MR) is 98.7 cm³/mol. The zero-order valence-corrected chi connectivity index (χ0v) is 16.1. The Morgan fingerprint density at radius 2 is 1.72 bits per heavy atom. The lowest BCUT2D eigenvalue weighted by Crippen LogP contribution is -2.42. The summed E-state index contributed by atoms with van der Waals surface area (Å²) in [6.45, 7) is 10.5. The minimum Gasteiger partial charge on any atom is -0.496 e. The Bertz CT molecular complexity index is 634. The first-order valence-corrected chi connectivity index (χ1v) is 8.93. The van der Waals surface area contributed by atoms with E-state index in [-0.39, 0.29) is 17.2 Å². The topological polar surface area (TPSA) is 49.9 Å². The lowest BCUT2D eigenvalue weighted by Gasteiger charge is -2.28. The monoisotopic (exact) mass is 346 g/mol. The molecule has 25 heavy (non-hydrogen) atoms. The van der Waals surface area contributed by atoms with Crippen molar-refractivity contribution >= 4 is 11.8 Å². The van der Waals surface area contributed by atoms with E-state index in [4.69, 9.17) is 4.74 Å². The van der Waals surface area contributed by atoms with Crippen LogP contribution >= 0.6 is 0 Å². The van der Waals surface area contributed by atoms with Crippen LogP contribution in [0.3, 0.4) is 0 Å². The zero-order chi connectivity index (χ0) is 18.6. The highest BCUT2D eigenvalue weighted by molar-refractivity contribution is 5.82. The molecule has 1 aromatic rings. The van der Waals surface area contributed by atoms with Gasteiger partial charge in [0.15, 0.2) is 0 Å². The number of benzene rings is 1. The molecule has 138 valence electrons. The summed E-state index contributed by atoms with van der Waals surface area (Å²) < 4.78 is 5.27. The van der Waals surface area contributed by atoms with Crippen LogP contribution in [-0.2, 0) is 16.0 Å². The fourth-order valence-electron chi connectivity index (χ4n) is 3.18. The van der Waals surface area contributed by atoms with E-state index in [2.05, 4.69) is 0 Å². The molecular formula is C20H30N2O3. The van der Waals surface area contributed by atoms with E-state index >= 15 is 0 Å². The Hall–Kier alpha value is -2.04. The molecule has 0 unspecified atom stereocenters. The molecular weight excluding hydrogens is 316 g/mol. The number of nitrogens with zero attached hydrogens (tertiary/aromatic N) is 2. The van der Waals surface area contributed by atoms with Crippen LogP contribution in [0.2, 0.25) is 0 Å². The quantitative estimate of drug-likeness (QED) is 0.845. The predicted octanol–water partition coefficient (Wildman–Crippen LogP) is 2.65. The van der Waals surface area contributed by atoms with Crippen molar-refractivity contribution in [1.29, 1.82) is 0 Å². The molecule has 1 saturated heterocycles. The molecule has 0 spiro atoms. The molecule has 1 heterocycles. The van der Waals surface area contributed by atoms with Crippen molar-refractivity contribution in [2.75, 3.05) is 33.3 Å². The average Bonchev–Trinajstić information content (AvgIpc) is 2.79. The molecule has 5 heteroatoms. The smallest absolute Gasteiger partial charge is 0.228 e. The molecule has 0 N–H and O–H groups in total. The van der Waals surface area contributed by atoms with Crippen LogP contribution in [0.15, 0.2) is 18.2 Å². The van der Waals surface area contributed by atoms with E-state index in [9.17, 15) is 9.59 Å². The third kappa shape index (κ3) is 4.97. The number of hydrogen-bond donors (Lipinski definition) is 0. The highest BCUT2D eigenvalue weighted by Gasteiger charge is 2.29. The van der Waals surface area contributed by atoms with Gasteiger partial charge in [-0.2, -0.15) is 0 Å². The van der Waals surface area contributed by atoms with E-state index in [0.717, 1.165) is 29.8 Å². The lowest BCUT2D eigenvalue weighted by molar-refractivity contribution is -0.139. The Labute approximate surface area is 150 Å². The summed E-state index contributed by atoms with van der Waals surface area (Å²) >= 11 is 0. The van der Waals surface area contributed by atoms with Gasteiger partial charge in [0.1, 0.15) is 5.75 Å². The number of rotatable bonds is 3. The van der Waals surface area contributed by atoms with Gasteiger partial charge in [0.25, 0.3) is 0 Å². The first-order valence-electron chi connectivity index (χ1n) is 8.93. The van der Waals surface area contributed by atoms with Crippen molar-refractivity contribution in [3.05, 3.63) is 29.3 Å². The number of hydrogen-bond acceptors (Lipinski definition) is 3. The van der Waals surface area contributed by atoms with Gasteiger partial charge >= 0.3 is 0 Å². The molecule has 0 aromatic heterocycles. The second kappa shape index (κ2) is 7.89. The van der Waals surface area contributed by atoms with Crippen LogP contribution in [0.4, 0.5) is 0 Å². The van der Waals surface area contributed by atoms with Gasteiger partial charge in [-0.3, -0.25) is 9.59 Å². The molecule has 0 atom stereocenters. The summed E-state index contributed by atoms with van der Waals surface area (Å²) in [6.07, 6.45) is 1.22. The maximum absolute atomic E-state index is 12.7. The minimum absolute atomic E-state index is 0.120. The normalized spacial score (nSPS) is 15.7. The number of aryl methyl sites for hydroxylation is 1. The molecule has 2 amide bonds. The minimum atomic E-state index is -0.375. The van der Waals surface area contributed by atoms with Crippen LogP contribution in [0.5, 0.6) is 5.75 Å². The molecule has 1 fully saturated rings. The number of ether oxygens (including phenoxy) is 1. The summed E-state index contributed by atoms with van der Waals surface area (Å²) in [6, 6.07) is 5.85. The maximum Gasteiger partial charge on any atom is 0.228 e. The molecule has 0 saturated carbocycles. The van der Waals surface area contributed by atoms with Crippen LogP contribution in [-0.4, -0.2) is 54.9 Å². The number of carbonyl (C=O) groups is 2. The van der Waals surface area contributed by atoms with E-state index in [1.54, 1.807) is 7.11 Å². The summed E-state index contributed by atoms with van der Waals surface area (Å²) in [7, 11) is 1.65. The molecule has 1 aromatic carbocycles. The second-order valence-corrected chi connectivity index (χ2v) is 7.76. The van der Waals surface area contributed by atoms with Crippen LogP contribution in [0.1, 0.15) is 38.3 Å². The fourth-order valence-corrected chi connectivity index (χ4v) is 3.18. The zero-order valence-electron chi connectivity index (χ0n) is 16.1. The van der Waals surface area contributed by atoms with Crippen molar-refractivity contribution < 1.29 is 14.3 Å². The standard InChI is InChI=1S/C20H30N2O3/c1-15-13-16(7-8-17(15)25-5)14-18(23)21-9-6-10-22(12-11-21)19(24)20(2,3)4/h7-8,13H,6,9-12,14H2,1-5H3. The summed E-state index contributed by atoms with van der Waals surface area (Å²) in [4.78, 5) is 28.9. The molecule has 1 aliphatic rings. The van der Waals surface area contributed by atoms with Crippen molar-refractivity contribution in [2.45, 2.75) is 40.5 Å². The lowest BCUT2D eigenvalue weighted by atomic mass is 9.94. The molecule has 5 nitrogen and oxygen atoms in total. The molecule has 2 rings (SSSR count). The summed E-state index contributed by atoms with van der Waals surface area (Å²) in [5.74, 6) is 1.12. The SMILES string of the molecule is COc1ccc(CC(=O)N2CCCN(C(=O)C(C)(C)C)CC2)cc1C. The molecule has 0 bridgehead atoms. The number of carbonyl (C=O) groups excluding carboxylic acids is 2. The molecule has 0 radical (unpaired) electrons. The average molecular weight is 346 g/mol. The second-order valence-electron chi connectivity index (χ2n) is 7.76. The summed E-state index contributed by atoms with van der Waals surface area (Å²) in [5, 5.41) is 0. The van der Waals surface area contributed by atoms with Gasteiger partial charge in [-0.25, -0.2) is 0 Å². The Morgan fingerprint density at radius 3 is 2.32 bits per heavy atom. The van der Waals surface area contributed by atoms with E-state index in [1.807, 2.05) is 55.7 Å². The van der Waals surface area contributed by atoms with Gasteiger partial charge in [-0.1, -0.05) is 32.9 Å². The number of amides is 2. The Kier molecular flexibility index (Phi) is 6.09. The Morgan fingerprint density at radius 1 is 1.08 bits per heavy atom. The van der Waals surface area contributed by atoms with Gasteiger partial charge in [0.05, 0.1) is 13.5 Å². The number of methoxy groups -OCH3 is 1. The van der Waals surface area contributed by atoms with Gasteiger partial charge in [-0.15, -0.1) is 0 Å². The van der Waals surface area contributed by atoms with Crippen LogP contribution in [0.25, 0.3) is 0 Å². The summed E-state index contributed by atoms with van der Waals surface area (Å²) in [5.41, 5.74) is 1.65. The highest BCUT2D eigenvalue weighted by atomic mass is 16.5. The van der Waals surface area contributed by atoms with Crippen LogP contribution < -0.4 is 4.74 Å². The van der Waals surface area contributed by atoms with Gasteiger partial charge in [0.2, 0.25) is 11.8 Å². The van der Waals surface area contributed by atoms with Crippen molar-refractivity contribution in [1.82, 2.24) is 9.80 Å². The van der Waals surface area contributed by atoms with E-state index in [0.29, 0.717) is 26.1 Å². The van der Waals surface area contributed by atoms with Gasteiger partial charge in [0, 0.05) is 31.6 Å². The first kappa shape index (κ1) is 19.3. The van der Waals surface area contributed by atoms with Crippen molar-refractivity contribution in [3.8, 4) is 5.75 Å². The highest BCUT2D eigenvalue weighted by Crippen LogP contribution is 2.20. The van der Waals surface area contributed by atoms with Gasteiger partial charge < -0.3 is 14.5 Å². The van der Waals surface area contributed by atoms with E-state index < -0.39 is 0 Å². The third-order valence-corrected chi connectivity index (χ3v) is 4.59. The maximum atomic E-state index is 12.7. The van der Waals surface area contributed by atoms with Crippen LogP contribution in [0, 0.1) is 12.3 Å².